The van der Waals surface area contributed by atoms with Crippen molar-refractivity contribution in [3.05, 3.63) is 23.8 Å². The van der Waals surface area contributed by atoms with Gasteiger partial charge in [0, 0.05) is 18.2 Å². The SMILES string of the molecule is COc1ccc(C(=O)NCC2CCN(C3CCCC3)CC2)cc1OC. The molecule has 0 unspecified atom stereocenters. The van der Waals surface area contributed by atoms with E-state index in [1.165, 1.54) is 51.6 Å². The van der Waals surface area contributed by atoms with Crippen molar-refractivity contribution in [1.29, 1.82) is 0 Å². The number of carbonyl (C=O) groups excluding carboxylic acids is 1. The van der Waals surface area contributed by atoms with E-state index in [0.717, 1.165) is 12.6 Å². The number of nitrogens with one attached hydrogen (secondary N) is 1. The standard InChI is InChI=1S/C20H30N2O3/c1-24-18-8-7-16(13-19(18)25-2)20(23)21-14-15-9-11-22(12-10-15)17-5-3-4-6-17/h7-8,13,15,17H,3-6,9-12,14H2,1-2H3,(H,21,23). The molecule has 25 heavy (non-hydrogen) atoms. The zero-order valence-electron chi connectivity index (χ0n) is 15.4. The number of nitrogens with zero attached hydrogens (tertiary/aromatic N) is 1. The van der Waals surface area contributed by atoms with Crippen LogP contribution in [0.15, 0.2) is 18.2 Å². The van der Waals surface area contributed by atoms with E-state index in [0.29, 0.717) is 23.0 Å². The maximum Gasteiger partial charge on any atom is 0.251 e. The van der Waals surface area contributed by atoms with Crippen LogP contribution in [0.5, 0.6) is 11.5 Å². The third-order valence-corrected chi connectivity index (χ3v) is 5.69. The number of carbonyl (C=O) groups is 1. The Morgan fingerprint density at radius 2 is 1.76 bits per heavy atom. The van der Waals surface area contributed by atoms with Crippen molar-refractivity contribution < 1.29 is 14.3 Å². The minimum absolute atomic E-state index is 0.0424. The molecular formula is C20H30N2O3. The minimum Gasteiger partial charge on any atom is -0.493 e. The summed E-state index contributed by atoms with van der Waals surface area (Å²) >= 11 is 0. The van der Waals surface area contributed by atoms with Crippen LogP contribution in [-0.2, 0) is 0 Å². The number of hydrogen-bond donors (Lipinski definition) is 1. The summed E-state index contributed by atoms with van der Waals surface area (Å²) in [6.07, 6.45) is 7.91. The molecule has 0 atom stereocenters. The predicted octanol–water partition coefficient (Wildman–Crippen LogP) is 3.09. The molecule has 0 spiro atoms. The highest BCUT2D eigenvalue weighted by Crippen LogP contribution is 2.29. The van der Waals surface area contributed by atoms with Crippen molar-refractivity contribution in [2.75, 3.05) is 33.9 Å². The summed E-state index contributed by atoms with van der Waals surface area (Å²) in [6.45, 7) is 3.12. The van der Waals surface area contributed by atoms with Crippen molar-refractivity contribution in [1.82, 2.24) is 10.2 Å². The van der Waals surface area contributed by atoms with E-state index in [9.17, 15) is 4.79 Å². The molecule has 1 aliphatic carbocycles. The van der Waals surface area contributed by atoms with E-state index in [1.807, 2.05) is 0 Å². The van der Waals surface area contributed by atoms with Gasteiger partial charge in [0.25, 0.3) is 5.91 Å². The number of methoxy groups -OCH3 is 2. The van der Waals surface area contributed by atoms with E-state index >= 15 is 0 Å². The first-order chi connectivity index (χ1) is 12.2. The van der Waals surface area contributed by atoms with Gasteiger partial charge in [0.1, 0.15) is 0 Å². The molecule has 2 aliphatic rings. The fourth-order valence-corrected chi connectivity index (χ4v) is 4.11. The summed E-state index contributed by atoms with van der Waals surface area (Å²) in [6, 6.07) is 6.10. The number of benzene rings is 1. The van der Waals surface area contributed by atoms with Gasteiger partial charge >= 0.3 is 0 Å². The summed E-state index contributed by atoms with van der Waals surface area (Å²) < 4.78 is 10.5. The monoisotopic (exact) mass is 346 g/mol. The highest BCUT2D eigenvalue weighted by atomic mass is 16.5. The lowest BCUT2D eigenvalue weighted by atomic mass is 9.95. The smallest absolute Gasteiger partial charge is 0.251 e. The Bertz CT molecular complexity index is 576. The van der Waals surface area contributed by atoms with Crippen molar-refractivity contribution in [2.24, 2.45) is 5.92 Å². The second kappa shape index (κ2) is 8.56. The molecule has 1 heterocycles. The molecule has 0 aromatic heterocycles. The largest absolute Gasteiger partial charge is 0.493 e. The van der Waals surface area contributed by atoms with E-state index < -0.39 is 0 Å². The molecule has 1 aromatic carbocycles. The fourth-order valence-electron chi connectivity index (χ4n) is 4.11. The van der Waals surface area contributed by atoms with E-state index in [1.54, 1.807) is 32.4 Å². The van der Waals surface area contributed by atoms with Crippen molar-refractivity contribution in [3.63, 3.8) is 0 Å². The lowest BCUT2D eigenvalue weighted by molar-refractivity contribution is 0.0924. The molecule has 0 radical (unpaired) electrons. The third-order valence-electron chi connectivity index (χ3n) is 5.69. The molecule has 138 valence electrons. The van der Waals surface area contributed by atoms with Crippen LogP contribution in [0, 0.1) is 5.92 Å². The summed E-state index contributed by atoms with van der Waals surface area (Å²) in [5.41, 5.74) is 0.612. The van der Waals surface area contributed by atoms with Gasteiger partial charge in [-0.3, -0.25) is 4.79 Å². The van der Waals surface area contributed by atoms with Gasteiger partial charge in [-0.15, -0.1) is 0 Å². The Labute approximate surface area is 150 Å². The average molecular weight is 346 g/mol. The molecule has 0 bridgehead atoms. The molecule has 5 nitrogen and oxygen atoms in total. The Balaban J connectivity index is 1.46. The topological polar surface area (TPSA) is 50.8 Å². The first-order valence-electron chi connectivity index (χ1n) is 9.45. The first-order valence-corrected chi connectivity index (χ1v) is 9.45. The molecule has 1 aliphatic heterocycles. The van der Waals surface area contributed by atoms with Crippen LogP contribution in [0.4, 0.5) is 0 Å². The number of hydrogen-bond acceptors (Lipinski definition) is 4. The molecular weight excluding hydrogens is 316 g/mol. The predicted molar refractivity (Wildman–Crippen MR) is 98.4 cm³/mol. The summed E-state index contributed by atoms with van der Waals surface area (Å²) in [4.78, 5) is 15.1. The van der Waals surface area contributed by atoms with E-state index in [4.69, 9.17) is 9.47 Å². The fraction of sp³-hybridized carbons (Fsp3) is 0.650. The number of ether oxygens (including phenoxy) is 2. The van der Waals surface area contributed by atoms with E-state index in [-0.39, 0.29) is 5.91 Å². The Morgan fingerprint density at radius 3 is 2.40 bits per heavy atom. The highest BCUT2D eigenvalue weighted by Gasteiger charge is 2.27. The quantitative estimate of drug-likeness (QED) is 0.860. The van der Waals surface area contributed by atoms with Gasteiger partial charge in [0.15, 0.2) is 11.5 Å². The maximum absolute atomic E-state index is 12.4. The van der Waals surface area contributed by atoms with Gasteiger partial charge in [-0.1, -0.05) is 12.8 Å². The Kier molecular flexibility index (Phi) is 6.19. The van der Waals surface area contributed by atoms with Crippen LogP contribution >= 0.6 is 0 Å². The van der Waals surface area contributed by atoms with Gasteiger partial charge in [-0.05, 0) is 62.9 Å². The number of piperidine rings is 1. The summed E-state index contributed by atoms with van der Waals surface area (Å²) in [5, 5.41) is 3.09. The first kappa shape index (κ1) is 18.1. The van der Waals surface area contributed by atoms with Crippen molar-refractivity contribution >= 4 is 5.91 Å². The zero-order valence-corrected chi connectivity index (χ0v) is 15.4. The Hall–Kier alpha value is -1.75. The van der Waals surface area contributed by atoms with Gasteiger partial charge in [0.05, 0.1) is 14.2 Å². The zero-order chi connectivity index (χ0) is 17.6. The van der Waals surface area contributed by atoms with Crippen LogP contribution in [0.3, 0.4) is 0 Å². The van der Waals surface area contributed by atoms with Gasteiger partial charge < -0.3 is 19.7 Å². The molecule has 1 aromatic rings. The van der Waals surface area contributed by atoms with Crippen LogP contribution in [0.25, 0.3) is 0 Å². The van der Waals surface area contributed by atoms with Gasteiger partial charge in [0.2, 0.25) is 0 Å². The Morgan fingerprint density at radius 1 is 1.08 bits per heavy atom. The second-order valence-corrected chi connectivity index (χ2v) is 7.20. The highest BCUT2D eigenvalue weighted by molar-refractivity contribution is 5.94. The molecule has 1 saturated heterocycles. The third kappa shape index (κ3) is 4.46. The minimum atomic E-state index is -0.0424. The number of rotatable bonds is 6. The molecule has 5 heteroatoms. The molecule has 1 saturated carbocycles. The van der Waals surface area contributed by atoms with Gasteiger partial charge in [-0.25, -0.2) is 0 Å². The molecule has 1 N–H and O–H groups in total. The number of amides is 1. The van der Waals surface area contributed by atoms with Gasteiger partial charge in [-0.2, -0.15) is 0 Å². The molecule has 1 amide bonds. The van der Waals surface area contributed by atoms with Crippen LogP contribution in [0.2, 0.25) is 0 Å². The summed E-state index contributed by atoms with van der Waals surface area (Å²) in [5.74, 6) is 1.76. The van der Waals surface area contributed by atoms with Crippen molar-refractivity contribution in [2.45, 2.75) is 44.6 Å². The lowest BCUT2D eigenvalue weighted by Crippen LogP contribution is -2.42. The van der Waals surface area contributed by atoms with Crippen molar-refractivity contribution in [3.8, 4) is 11.5 Å². The molecule has 3 rings (SSSR count). The van der Waals surface area contributed by atoms with E-state index in [2.05, 4.69) is 10.2 Å². The maximum atomic E-state index is 12.4. The second-order valence-electron chi connectivity index (χ2n) is 7.20. The van der Waals surface area contributed by atoms with Crippen LogP contribution < -0.4 is 14.8 Å². The average Bonchev–Trinajstić information content (AvgIpc) is 3.20. The van der Waals surface area contributed by atoms with Crippen LogP contribution in [0.1, 0.15) is 48.9 Å². The summed E-state index contributed by atoms with van der Waals surface area (Å²) in [7, 11) is 3.17. The normalized spacial score (nSPS) is 19.8. The van der Waals surface area contributed by atoms with Crippen LogP contribution in [-0.4, -0.2) is 50.7 Å². The molecule has 2 fully saturated rings. The number of likely N-dealkylation sites (tertiary alicyclic amines) is 1. The lowest BCUT2D eigenvalue weighted by Gasteiger charge is -2.36.